The topological polar surface area (TPSA) is 77.0 Å². The third-order valence-corrected chi connectivity index (χ3v) is 7.57. The molecule has 0 radical (unpaired) electrons. The minimum atomic E-state index is -0.0902. The number of imide groups is 1. The Morgan fingerprint density at radius 2 is 1.78 bits per heavy atom. The predicted molar refractivity (Wildman–Crippen MR) is 138 cm³/mol. The number of rotatable bonds is 9. The third-order valence-electron chi connectivity index (χ3n) is 7.57. The Bertz CT molecular complexity index is 697. The maximum Gasteiger partial charge on any atom is 0.233 e. The quantitative estimate of drug-likeness (QED) is 0.114. The van der Waals surface area contributed by atoms with Crippen molar-refractivity contribution in [2.24, 2.45) is 28.7 Å². The number of halogens is 1. The highest BCUT2D eigenvalue weighted by molar-refractivity contribution is 14.0. The van der Waals surface area contributed by atoms with E-state index in [9.17, 15) is 9.59 Å². The molecule has 3 fully saturated rings. The Morgan fingerprint density at radius 3 is 2.44 bits per heavy atom. The van der Waals surface area contributed by atoms with Gasteiger partial charge in [-0.1, -0.05) is 18.6 Å². The molecule has 180 valence electrons. The third kappa shape index (κ3) is 5.48. The molecule has 0 aromatic heterocycles. The van der Waals surface area contributed by atoms with E-state index in [4.69, 9.17) is 0 Å². The SMILES string of the molecule is CCNC(=NCCCN1C(=O)C2C3C=CC(C3)C2C1=O)NCCCN1CCCCC1C.I. The highest BCUT2D eigenvalue weighted by Gasteiger charge is 2.58. The number of piperidine rings is 1. The molecule has 2 bridgehead atoms. The summed E-state index contributed by atoms with van der Waals surface area (Å²) >= 11 is 0. The van der Waals surface area contributed by atoms with Crippen LogP contribution in [0.15, 0.2) is 17.1 Å². The predicted octanol–water partition coefficient (Wildman–Crippen LogP) is 2.62. The van der Waals surface area contributed by atoms with Crippen LogP contribution in [0.4, 0.5) is 0 Å². The molecule has 2 N–H and O–H groups in total. The van der Waals surface area contributed by atoms with Crippen molar-refractivity contribution in [2.75, 3.05) is 39.3 Å². The summed E-state index contributed by atoms with van der Waals surface area (Å²) in [6.45, 7) is 9.57. The van der Waals surface area contributed by atoms with Crippen LogP contribution in [0.5, 0.6) is 0 Å². The van der Waals surface area contributed by atoms with E-state index in [0.717, 1.165) is 38.4 Å². The molecule has 1 saturated carbocycles. The summed E-state index contributed by atoms with van der Waals surface area (Å²) in [4.78, 5) is 34.3. The molecule has 7 nitrogen and oxygen atoms in total. The molecular formula is C24H40IN5O2. The van der Waals surface area contributed by atoms with Gasteiger partial charge in [0.15, 0.2) is 5.96 Å². The van der Waals surface area contributed by atoms with Gasteiger partial charge in [0.1, 0.15) is 0 Å². The van der Waals surface area contributed by atoms with Crippen molar-refractivity contribution in [3.8, 4) is 0 Å². The van der Waals surface area contributed by atoms with Gasteiger partial charge in [0, 0.05) is 38.8 Å². The van der Waals surface area contributed by atoms with Crippen molar-refractivity contribution in [1.29, 1.82) is 0 Å². The number of aliphatic imine (C=N–C) groups is 1. The van der Waals surface area contributed by atoms with Crippen LogP contribution in [0.1, 0.15) is 52.4 Å². The monoisotopic (exact) mass is 557 g/mol. The minimum absolute atomic E-state index is 0. The average Bonchev–Trinajstić information content (AvgIpc) is 3.44. The Labute approximate surface area is 209 Å². The molecule has 2 aliphatic carbocycles. The Hall–Kier alpha value is -1.16. The molecule has 32 heavy (non-hydrogen) atoms. The van der Waals surface area contributed by atoms with Gasteiger partial charge in [-0.2, -0.15) is 0 Å². The lowest BCUT2D eigenvalue weighted by Crippen LogP contribution is -2.41. The Morgan fingerprint density at radius 1 is 1.06 bits per heavy atom. The second kappa shape index (κ2) is 11.8. The van der Waals surface area contributed by atoms with Crippen molar-refractivity contribution in [3.05, 3.63) is 12.2 Å². The average molecular weight is 558 g/mol. The molecule has 2 saturated heterocycles. The van der Waals surface area contributed by atoms with Crippen LogP contribution in [0.2, 0.25) is 0 Å². The molecular weight excluding hydrogens is 517 g/mol. The number of likely N-dealkylation sites (tertiary alicyclic amines) is 2. The van der Waals surface area contributed by atoms with E-state index in [0.29, 0.717) is 25.6 Å². The first-order valence-electron chi connectivity index (χ1n) is 12.4. The zero-order valence-corrected chi connectivity index (χ0v) is 21.9. The minimum Gasteiger partial charge on any atom is -0.357 e. The van der Waals surface area contributed by atoms with Crippen molar-refractivity contribution >= 4 is 41.8 Å². The fourth-order valence-corrected chi connectivity index (χ4v) is 5.92. The second-order valence-corrected chi connectivity index (χ2v) is 9.60. The van der Waals surface area contributed by atoms with E-state index < -0.39 is 0 Å². The van der Waals surface area contributed by atoms with Crippen LogP contribution >= 0.6 is 24.0 Å². The number of hydrogen-bond acceptors (Lipinski definition) is 4. The van der Waals surface area contributed by atoms with Gasteiger partial charge in [-0.3, -0.25) is 19.5 Å². The number of amides is 2. The lowest BCUT2D eigenvalue weighted by Gasteiger charge is -2.33. The van der Waals surface area contributed by atoms with Crippen molar-refractivity contribution < 1.29 is 9.59 Å². The molecule has 0 aromatic carbocycles. The van der Waals surface area contributed by atoms with Crippen LogP contribution in [0.25, 0.3) is 0 Å². The summed E-state index contributed by atoms with van der Waals surface area (Å²) in [5.74, 6) is 1.31. The first-order valence-corrected chi connectivity index (χ1v) is 12.4. The van der Waals surface area contributed by atoms with Crippen LogP contribution in [0.3, 0.4) is 0 Å². The summed E-state index contributed by atoms with van der Waals surface area (Å²) in [5, 5.41) is 6.73. The summed E-state index contributed by atoms with van der Waals surface area (Å²) < 4.78 is 0. The van der Waals surface area contributed by atoms with Crippen LogP contribution in [-0.2, 0) is 9.59 Å². The Kier molecular flexibility index (Phi) is 9.40. The summed E-state index contributed by atoms with van der Waals surface area (Å²) in [6.07, 6.45) is 11.1. The number of hydrogen-bond donors (Lipinski definition) is 2. The molecule has 2 aliphatic heterocycles. The fraction of sp³-hybridized carbons (Fsp3) is 0.792. The van der Waals surface area contributed by atoms with Crippen LogP contribution < -0.4 is 10.6 Å². The fourth-order valence-electron chi connectivity index (χ4n) is 5.92. The maximum atomic E-state index is 12.8. The lowest BCUT2D eigenvalue weighted by atomic mass is 9.85. The van der Waals surface area contributed by atoms with E-state index in [1.807, 2.05) is 0 Å². The zero-order chi connectivity index (χ0) is 21.8. The van der Waals surface area contributed by atoms with Gasteiger partial charge < -0.3 is 15.5 Å². The first kappa shape index (κ1) is 25.5. The summed E-state index contributed by atoms with van der Waals surface area (Å²) in [6, 6.07) is 0.706. The van der Waals surface area contributed by atoms with E-state index in [2.05, 4.69) is 46.5 Å². The second-order valence-electron chi connectivity index (χ2n) is 9.60. The van der Waals surface area contributed by atoms with E-state index in [-0.39, 0.29) is 59.5 Å². The molecule has 2 amide bonds. The molecule has 2 heterocycles. The number of nitrogens with one attached hydrogen (secondary N) is 2. The van der Waals surface area contributed by atoms with Gasteiger partial charge in [-0.25, -0.2) is 0 Å². The molecule has 5 unspecified atom stereocenters. The number of allylic oxidation sites excluding steroid dienone is 2. The largest absolute Gasteiger partial charge is 0.357 e. The summed E-state index contributed by atoms with van der Waals surface area (Å²) in [5.41, 5.74) is 0. The van der Waals surface area contributed by atoms with Crippen molar-refractivity contribution in [3.63, 3.8) is 0 Å². The maximum absolute atomic E-state index is 12.8. The number of guanidine groups is 1. The Balaban J connectivity index is 0.00000289. The van der Waals surface area contributed by atoms with E-state index >= 15 is 0 Å². The molecule has 4 rings (SSSR count). The van der Waals surface area contributed by atoms with Gasteiger partial charge in [0.25, 0.3) is 0 Å². The molecule has 8 heteroatoms. The molecule has 0 spiro atoms. The van der Waals surface area contributed by atoms with Gasteiger partial charge in [0.2, 0.25) is 11.8 Å². The van der Waals surface area contributed by atoms with Gasteiger partial charge >= 0.3 is 0 Å². The summed E-state index contributed by atoms with van der Waals surface area (Å²) in [7, 11) is 0. The first-order chi connectivity index (χ1) is 15.1. The molecule has 5 atom stereocenters. The number of fused-ring (bicyclic) bond motifs is 5. The highest BCUT2D eigenvalue weighted by atomic mass is 127. The molecule has 4 aliphatic rings. The van der Waals surface area contributed by atoms with Gasteiger partial charge in [0.05, 0.1) is 11.8 Å². The lowest BCUT2D eigenvalue weighted by molar-refractivity contribution is -0.140. The number of carbonyl (C=O) groups is 2. The highest BCUT2D eigenvalue weighted by Crippen LogP contribution is 2.52. The number of nitrogens with zero attached hydrogens (tertiary/aromatic N) is 3. The normalized spacial score (nSPS) is 31.8. The number of carbonyl (C=O) groups excluding carboxylic acids is 2. The van der Waals surface area contributed by atoms with E-state index in [1.54, 1.807) is 0 Å². The standard InChI is InChI=1S/C24H39N5O2.HI/c1-3-25-24(26-11-6-14-28-13-5-4-8-17(28)2)27-12-7-15-29-22(30)20-18-9-10-19(16-18)21(20)23(29)31;/h9-10,17-21H,3-8,11-16H2,1-2H3,(H2,25,26,27);1H. The van der Waals surface area contributed by atoms with Crippen LogP contribution in [-0.4, -0.2) is 72.9 Å². The smallest absolute Gasteiger partial charge is 0.233 e. The van der Waals surface area contributed by atoms with Crippen molar-refractivity contribution in [2.45, 2.75) is 58.4 Å². The van der Waals surface area contributed by atoms with E-state index in [1.165, 1.54) is 30.7 Å². The van der Waals surface area contributed by atoms with Crippen LogP contribution in [0, 0.1) is 23.7 Å². The van der Waals surface area contributed by atoms with Gasteiger partial charge in [-0.05, 0) is 64.3 Å². The molecule has 0 aromatic rings. The van der Waals surface area contributed by atoms with Crippen molar-refractivity contribution in [1.82, 2.24) is 20.4 Å². The zero-order valence-electron chi connectivity index (χ0n) is 19.6. The van der Waals surface area contributed by atoms with Gasteiger partial charge in [-0.15, -0.1) is 24.0 Å².